The summed E-state index contributed by atoms with van der Waals surface area (Å²) in [4.78, 5) is 20.1. The van der Waals surface area contributed by atoms with E-state index in [1.54, 1.807) is 4.52 Å². The molecule has 5 heteroatoms. The Kier molecular flexibility index (Phi) is 3.99. The number of aromatic nitrogens is 3. The van der Waals surface area contributed by atoms with Crippen LogP contribution in [0.5, 0.6) is 0 Å². The number of nitrogens with one attached hydrogen (secondary N) is 1. The quantitative estimate of drug-likeness (QED) is 0.772. The summed E-state index contributed by atoms with van der Waals surface area (Å²) >= 11 is 0. The van der Waals surface area contributed by atoms with E-state index in [-0.39, 0.29) is 11.0 Å². The third kappa shape index (κ3) is 3.07. The van der Waals surface area contributed by atoms with Crippen LogP contribution >= 0.6 is 0 Å². The van der Waals surface area contributed by atoms with Gasteiger partial charge in [0.1, 0.15) is 0 Å². The molecule has 1 N–H and O–H groups in total. The van der Waals surface area contributed by atoms with Gasteiger partial charge in [0, 0.05) is 42.4 Å². The molecule has 1 aromatic carbocycles. The average molecular weight is 350 g/mol. The number of rotatable bonds is 2. The molecule has 136 valence electrons. The van der Waals surface area contributed by atoms with E-state index in [2.05, 4.69) is 62.0 Å². The average Bonchev–Trinajstić information content (AvgIpc) is 3.02. The normalized spacial score (nSPS) is 15.4. The van der Waals surface area contributed by atoms with Crippen LogP contribution in [0, 0.1) is 6.92 Å². The Hall–Kier alpha value is -2.40. The third-order valence-corrected chi connectivity index (χ3v) is 5.18. The van der Waals surface area contributed by atoms with Gasteiger partial charge in [0.15, 0.2) is 5.65 Å². The lowest BCUT2D eigenvalue weighted by Gasteiger charge is -2.27. The van der Waals surface area contributed by atoms with E-state index >= 15 is 0 Å². The van der Waals surface area contributed by atoms with Gasteiger partial charge in [-0.1, -0.05) is 50.6 Å². The second-order valence-corrected chi connectivity index (χ2v) is 8.40. The SMILES string of the molecule is Cc1ccc(CN2CCc3c(nc4cc(C(C)(C)C)[nH]n4c3=O)C2)cc1. The standard InChI is InChI=1S/C21H26N4O/c1-14-5-7-15(8-6-14)12-24-10-9-16-17(13-24)22-19-11-18(21(2,3)4)23-25(19)20(16)26/h5-8,11,23H,9-10,12-13H2,1-4H3. The maximum Gasteiger partial charge on any atom is 0.276 e. The highest BCUT2D eigenvalue weighted by atomic mass is 16.1. The van der Waals surface area contributed by atoms with Gasteiger partial charge in [0.2, 0.25) is 0 Å². The molecule has 1 aliphatic heterocycles. The molecule has 0 fully saturated rings. The van der Waals surface area contributed by atoms with Crippen molar-refractivity contribution in [3.8, 4) is 0 Å². The first-order chi connectivity index (χ1) is 12.3. The van der Waals surface area contributed by atoms with E-state index in [0.717, 1.165) is 48.7 Å². The number of aromatic amines is 1. The van der Waals surface area contributed by atoms with Crippen molar-refractivity contribution in [3.63, 3.8) is 0 Å². The summed E-state index contributed by atoms with van der Waals surface area (Å²) in [5.41, 5.74) is 6.11. The summed E-state index contributed by atoms with van der Waals surface area (Å²) in [5, 5.41) is 3.24. The zero-order valence-corrected chi connectivity index (χ0v) is 16.0. The number of nitrogens with zero attached hydrogens (tertiary/aromatic N) is 3. The van der Waals surface area contributed by atoms with Crippen molar-refractivity contribution >= 4 is 5.65 Å². The lowest BCUT2D eigenvalue weighted by Crippen LogP contribution is -2.36. The molecule has 1 aliphatic rings. The van der Waals surface area contributed by atoms with E-state index in [0.29, 0.717) is 0 Å². The number of hydrogen-bond donors (Lipinski definition) is 1. The summed E-state index contributed by atoms with van der Waals surface area (Å²) in [5.74, 6) is 0. The highest BCUT2D eigenvalue weighted by molar-refractivity contribution is 5.43. The van der Waals surface area contributed by atoms with Crippen LogP contribution in [0.3, 0.4) is 0 Å². The van der Waals surface area contributed by atoms with Crippen LogP contribution in [0.25, 0.3) is 5.65 Å². The van der Waals surface area contributed by atoms with Crippen LogP contribution in [-0.2, 0) is 24.9 Å². The van der Waals surface area contributed by atoms with E-state index < -0.39 is 0 Å². The lowest BCUT2D eigenvalue weighted by atomic mass is 9.93. The molecule has 5 nitrogen and oxygen atoms in total. The van der Waals surface area contributed by atoms with Crippen molar-refractivity contribution in [3.05, 3.63) is 68.8 Å². The van der Waals surface area contributed by atoms with Gasteiger partial charge in [-0.05, 0) is 18.9 Å². The Morgan fingerprint density at radius 2 is 1.92 bits per heavy atom. The Balaban J connectivity index is 1.65. The van der Waals surface area contributed by atoms with Gasteiger partial charge in [-0.2, -0.15) is 0 Å². The Morgan fingerprint density at radius 1 is 1.19 bits per heavy atom. The van der Waals surface area contributed by atoms with E-state index in [9.17, 15) is 4.79 Å². The molecule has 0 saturated carbocycles. The molecule has 0 unspecified atom stereocenters. The summed E-state index contributed by atoms with van der Waals surface area (Å²) < 4.78 is 1.61. The first-order valence-corrected chi connectivity index (χ1v) is 9.23. The molecule has 0 amide bonds. The molecule has 0 bridgehead atoms. The summed E-state index contributed by atoms with van der Waals surface area (Å²) in [7, 11) is 0. The molecular weight excluding hydrogens is 324 g/mol. The zero-order valence-electron chi connectivity index (χ0n) is 16.0. The molecule has 3 heterocycles. The molecular formula is C21H26N4O. The third-order valence-electron chi connectivity index (χ3n) is 5.18. The van der Waals surface area contributed by atoms with Crippen molar-refractivity contribution in [2.75, 3.05) is 6.54 Å². The summed E-state index contributed by atoms with van der Waals surface area (Å²) in [6, 6.07) is 10.7. The van der Waals surface area contributed by atoms with Crippen LogP contribution in [0.4, 0.5) is 0 Å². The second-order valence-electron chi connectivity index (χ2n) is 8.40. The fourth-order valence-corrected chi connectivity index (χ4v) is 3.52. The van der Waals surface area contributed by atoms with Crippen LogP contribution in [-0.4, -0.2) is 26.0 Å². The van der Waals surface area contributed by atoms with Gasteiger partial charge in [-0.3, -0.25) is 14.8 Å². The highest BCUT2D eigenvalue weighted by Crippen LogP contribution is 2.23. The molecule has 0 spiro atoms. The molecule has 26 heavy (non-hydrogen) atoms. The minimum absolute atomic E-state index is 0.0435. The first-order valence-electron chi connectivity index (χ1n) is 9.23. The molecule has 0 radical (unpaired) electrons. The predicted octanol–water partition coefficient (Wildman–Crippen LogP) is 3.19. The molecule has 0 saturated heterocycles. The predicted molar refractivity (Wildman–Crippen MR) is 104 cm³/mol. The zero-order chi connectivity index (χ0) is 18.5. The summed E-state index contributed by atoms with van der Waals surface area (Å²) in [6.45, 7) is 11.0. The van der Waals surface area contributed by atoms with Crippen LogP contribution in [0.15, 0.2) is 35.1 Å². The smallest absolute Gasteiger partial charge is 0.276 e. The number of fused-ring (bicyclic) bond motifs is 2. The number of hydrogen-bond acceptors (Lipinski definition) is 3. The molecule has 3 aromatic rings. The van der Waals surface area contributed by atoms with Crippen LogP contribution in [0.1, 0.15) is 48.8 Å². The van der Waals surface area contributed by atoms with E-state index in [4.69, 9.17) is 4.98 Å². The van der Waals surface area contributed by atoms with Gasteiger partial charge in [0.05, 0.1) is 5.69 Å². The molecule has 0 atom stereocenters. The van der Waals surface area contributed by atoms with Gasteiger partial charge >= 0.3 is 0 Å². The number of benzene rings is 1. The van der Waals surface area contributed by atoms with E-state index in [1.165, 1.54) is 11.1 Å². The fourth-order valence-electron chi connectivity index (χ4n) is 3.52. The van der Waals surface area contributed by atoms with Crippen molar-refractivity contribution in [1.82, 2.24) is 19.5 Å². The lowest BCUT2D eigenvalue weighted by molar-refractivity contribution is 0.240. The first kappa shape index (κ1) is 17.0. The van der Waals surface area contributed by atoms with Crippen LogP contribution in [0.2, 0.25) is 0 Å². The highest BCUT2D eigenvalue weighted by Gasteiger charge is 2.24. The second kappa shape index (κ2) is 6.09. The Labute approximate surface area is 153 Å². The van der Waals surface area contributed by atoms with Crippen molar-refractivity contribution in [2.45, 2.75) is 52.6 Å². The number of H-pyrrole nitrogens is 1. The van der Waals surface area contributed by atoms with Gasteiger partial charge < -0.3 is 0 Å². The maximum atomic E-state index is 12.9. The molecule has 0 aliphatic carbocycles. The Morgan fingerprint density at radius 3 is 2.62 bits per heavy atom. The maximum absolute atomic E-state index is 12.9. The molecule has 4 rings (SSSR count). The topological polar surface area (TPSA) is 53.4 Å². The summed E-state index contributed by atoms with van der Waals surface area (Å²) in [6.07, 6.45) is 0.750. The Bertz CT molecular complexity index is 1010. The van der Waals surface area contributed by atoms with Gasteiger partial charge in [-0.15, -0.1) is 0 Å². The fraction of sp³-hybridized carbons (Fsp3) is 0.429. The van der Waals surface area contributed by atoms with Crippen molar-refractivity contribution < 1.29 is 0 Å². The van der Waals surface area contributed by atoms with Gasteiger partial charge in [-0.25, -0.2) is 9.50 Å². The monoisotopic (exact) mass is 350 g/mol. The largest absolute Gasteiger partial charge is 0.293 e. The molecule has 2 aromatic heterocycles. The van der Waals surface area contributed by atoms with Crippen LogP contribution < -0.4 is 5.56 Å². The minimum Gasteiger partial charge on any atom is -0.293 e. The van der Waals surface area contributed by atoms with Crippen molar-refractivity contribution in [1.29, 1.82) is 0 Å². The number of aryl methyl sites for hydroxylation is 1. The van der Waals surface area contributed by atoms with Crippen molar-refractivity contribution in [2.24, 2.45) is 0 Å². The minimum atomic E-state index is -0.0435. The van der Waals surface area contributed by atoms with E-state index in [1.807, 2.05) is 6.07 Å². The van der Waals surface area contributed by atoms with Gasteiger partial charge in [0.25, 0.3) is 5.56 Å².